The van der Waals surface area contributed by atoms with Crippen molar-refractivity contribution in [1.29, 1.82) is 0 Å². The van der Waals surface area contributed by atoms with E-state index in [0.29, 0.717) is 16.5 Å². The molecule has 0 aliphatic rings. The van der Waals surface area contributed by atoms with E-state index in [9.17, 15) is 17.3 Å². The molecule has 0 heterocycles. The lowest BCUT2D eigenvalue weighted by Crippen LogP contribution is -2.32. The first-order valence-corrected chi connectivity index (χ1v) is 5.45. The summed E-state index contributed by atoms with van der Waals surface area (Å²) in [5, 5.41) is 0. The van der Waals surface area contributed by atoms with Crippen LogP contribution < -0.4 is 0 Å². The predicted molar refractivity (Wildman–Crippen MR) is 62.6 cm³/mol. The summed E-state index contributed by atoms with van der Waals surface area (Å²) in [7, 11) is -3.05. The van der Waals surface area contributed by atoms with E-state index < -0.39 is 7.25 Å². The molecule has 0 saturated carbocycles. The molecule has 0 bridgehead atoms. The number of hydrogen-bond acceptors (Lipinski definition) is 0. The largest absolute Gasteiger partial charge is 0.673 e. The third-order valence-corrected chi connectivity index (χ3v) is 3.87. The highest BCUT2D eigenvalue weighted by Gasteiger charge is 2.30. The topological polar surface area (TPSA) is 0 Å². The first kappa shape index (κ1) is 17.6. The van der Waals surface area contributed by atoms with Crippen LogP contribution in [0.4, 0.5) is 17.3 Å². The molecule has 0 spiro atoms. The molecule has 6 heteroatoms. The minimum atomic E-state index is -6.00. The summed E-state index contributed by atoms with van der Waals surface area (Å²) in [5.74, 6) is 0. The van der Waals surface area contributed by atoms with Crippen molar-refractivity contribution in [3.8, 4) is 0 Å². The lowest BCUT2D eigenvalue weighted by atomic mass is 9.77. The zero-order chi connectivity index (χ0) is 13.1. The first-order valence-electron chi connectivity index (χ1n) is 4.78. The monoisotopic (exact) mass is 247 g/mol. The maximum atomic E-state index is 9.75. The van der Waals surface area contributed by atoms with Crippen molar-refractivity contribution < 1.29 is 17.3 Å². The molecule has 0 nitrogen and oxygen atoms in total. The molecule has 0 amide bonds. The molecule has 0 radical (unpaired) electrons. The third kappa shape index (κ3) is 14.2. The van der Waals surface area contributed by atoms with E-state index in [1.165, 1.54) is 0 Å². The molecule has 15 heavy (non-hydrogen) atoms. The van der Waals surface area contributed by atoms with Gasteiger partial charge in [0.1, 0.15) is 0 Å². The third-order valence-electron chi connectivity index (χ3n) is 1.87. The van der Waals surface area contributed by atoms with Crippen molar-refractivity contribution in [3.63, 3.8) is 0 Å². The Bertz CT molecular complexity index is 158. The summed E-state index contributed by atoms with van der Waals surface area (Å²) in [6.07, 6.45) is 0. The lowest BCUT2D eigenvalue weighted by Gasteiger charge is -2.37. The Morgan fingerprint density at radius 2 is 0.933 bits per heavy atom. The molecule has 0 aliphatic heterocycles. The highest BCUT2D eigenvalue weighted by atomic mass is 31.0. The fraction of sp³-hybridized carbons (Fsp3) is 1.00. The lowest BCUT2D eigenvalue weighted by molar-refractivity contribution is 0.248. The Balaban J connectivity index is 0. The average Bonchev–Trinajstić information content (AvgIpc) is 1.77. The van der Waals surface area contributed by atoms with Crippen LogP contribution in [-0.2, 0) is 0 Å². The van der Waals surface area contributed by atoms with Crippen LogP contribution in [0.3, 0.4) is 0 Å². The normalized spacial score (nSPS) is 13.6. The second-order valence-corrected chi connectivity index (χ2v) is 6.37. The van der Waals surface area contributed by atoms with Crippen LogP contribution in [0.1, 0.15) is 41.5 Å². The zero-order valence-corrected chi connectivity index (χ0v) is 11.4. The van der Waals surface area contributed by atoms with Gasteiger partial charge in [0.25, 0.3) is 0 Å². The van der Waals surface area contributed by atoms with Crippen molar-refractivity contribution in [3.05, 3.63) is 0 Å². The van der Waals surface area contributed by atoms with Gasteiger partial charge < -0.3 is 17.3 Å². The fourth-order valence-electron chi connectivity index (χ4n) is 1.30. The van der Waals surface area contributed by atoms with Crippen LogP contribution in [0, 0.1) is 10.8 Å². The Kier molecular flexibility index (Phi) is 6.47. The van der Waals surface area contributed by atoms with Crippen molar-refractivity contribution >= 4 is 16.5 Å². The van der Waals surface area contributed by atoms with Gasteiger partial charge in [0.2, 0.25) is 0 Å². The SMILES string of the molecule is CC(C)(C)C(P)C(C)(C)C.F[B-](F)(F)F. The second-order valence-electron chi connectivity index (χ2n) is 5.70. The minimum Gasteiger partial charge on any atom is -0.418 e. The molecule has 0 aliphatic carbocycles. The molecule has 0 fully saturated rings. The quantitative estimate of drug-likeness (QED) is 0.332. The summed E-state index contributed by atoms with van der Waals surface area (Å²) in [6, 6.07) is 0. The molecule has 94 valence electrons. The summed E-state index contributed by atoms with van der Waals surface area (Å²) < 4.78 is 39.0. The van der Waals surface area contributed by atoms with Crippen molar-refractivity contribution in [2.24, 2.45) is 10.8 Å². The van der Waals surface area contributed by atoms with E-state index in [1.54, 1.807) is 0 Å². The minimum absolute atomic E-state index is 0.406. The van der Waals surface area contributed by atoms with Gasteiger partial charge in [0.15, 0.2) is 0 Å². The van der Waals surface area contributed by atoms with Crippen molar-refractivity contribution in [2.45, 2.75) is 47.2 Å². The van der Waals surface area contributed by atoms with Gasteiger partial charge in [0, 0.05) is 0 Å². The maximum absolute atomic E-state index is 9.75. The predicted octanol–water partition coefficient (Wildman–Crippen LogP) is 4.62. The van der Waals surface area contributed by atoms with Gasteiger partial charge in [-0.05, 0) is 16.5 Å². The molecule has 0 rings (SSSR count). The Labute approximate surface area is 92.5 Å². The number of halogens is 4. The number of rotatable bonds is 0. The van der Waals surface area contributed by atoms with Gasteiger partial charge >= 0.3 is 7.25 Å². The summed E-state index contributed by atoms with van der Waals surface area (Å²) in [4.78, 5) is 0. The van der Waals surface area contributed by atoms with Crippen LogP contribution in [0.5, 0.6) is 0 Å². The van der Waals surface area contributed by atoms with Gasteiger partial charge in [0.05, 0.1) is 0 Å². The van der Waals surface area contributed by atoms with Crippen LogP contribution in [-0.4, -0.2) is 12.9 Å². The molecular weight excluding hydrogens is 226 g/mol. The number of hydrogen-bond donors (Lipinski definition) is 0. The Morgan fingerprint density at radius 3 is 0.933 bits per heavy atom. The highest BCUT2D eigenvalue weighted by molar-refractivity contribution is 7.17. The van der Waals surface area contributed by atoms with E-state index >= 15 is 0 Å². The van der Waals surface area contributed by atoms with E-state index in [2.05, 4.69) is 50.8 Å². The van der Waals surface area contributed by atoms with E-state index in [1.807, 2.05) is 0 Å². The van der Waals surface area contributed by atoms with Gasteiger partial charge in [-0.15, -0.1) is 9.24 Å². The van der Waals surface area contributed by atoms with E-state index in [-0.39, 0.29) is 0 Å². The van der Waals surface area contributed by atoms with Crippen LogP contribution in [0.2, 0.25) is 0 Å². The Morgan fingerprint density at radius 1 is 0.800 bits per heavy atom. The molecular formula is C9H21BF4P-. The summed E-state index contributed by atoms with van der Waals surface area (Å²) >= 11 is 0. The molecule has 1 unspecified atom stereocenters. The van der Waals surface area contributed by atoms with Crippen molar-refractivity contribution in [2.75, 3.05) is 0 Å². The zero-order valence-electron chi connectivity index (χ0n) is 10.2. The molecule has 0 aromatic heterocycles. The molecule has 0 N–H and O–H groups in total. The molecule has 0 aromatic rings. The first-order chi connectivity index (χ1) is 6.15. The molecule has 0 aromatic carbocycles. The molecule has 0 saturated heterocycles. The second kappa shape index (κ2) is 5.52. The fourth-order valence-corrected chi connectivity index (χ4v) is 1.30. The van der Waals surface area contributed by atoms with Gasteiger partial charge in [-0.3, -0.25) is 0 Å². The standard InChI is InChI=1S/C9H21P.BF4/c1-8(2,3)7(10)9(4,5)6;2-1(3,4)5/h7H,10H2,1-6H3;/q;-1. The van der Waals surface area contributed by atoms with Gasteiger partial charge in [-0.1, -0.05) is 41.5 Å². The maximum Gasteiger partial charge on any atom is 0.673 e. The van der Waals surface area contributed by atoms with E-state index in [0.717, 1.165) is 0 Å². The summed E-state index contributed by atoms with van der Waals surface area (Å²) in [6.45, 7) is 13.7. The smallest absolute Gasteiger partial charge is 0.418 e. The van der Waals surface area contributed by atoms with Crippen LogP contribution >= 0.6 is 9.24 Å². The average molecular weight is 247 g/mol. The van der Waals surface area contributed by atoms with Gasteiger partial charge in [-0.2, -0.15) is 0 Å². The highest BCUT2D eigenvalue weighted by Crippen LogP contribution is 2.39. The van der Waals surface area contributed by atoms with E-state index in [4.69, 9.17) is 0 Å². The summed E-state index contributed by atoms with van der Waals surface area (Å²) in [5.41, 5.74) is 1.49. The van der Waals surface area contributed by atoms with Crippen LogP contribution in [0.25, 0.3) is 0 Å². The van der Waals surface area contributed by atoms with Gasteiger partial charge in [-0.25, -0.2) is 0 Å². The van der Waals surface area contributed by atoms with Crippen LogP contribution in [0.15, 0.2) is 0 Å². The Hall–Kier alpha value is 0.215. The van der Waals surface area contributed by atoms with Crippen molar-refractivity contribution in [1.82, 2.24) is 0 Å². The molecule has 1 atom stereocenters.